The van der Waals surface area contributed by atoms with Crippen LogP contribution < -0.4 is 0 Å². The van der Waals surface area contributed by atoms with Crippen LogP contribution in [0, 0.1) is 17.8 Å². The van der Waals surface area contributed by atoms with E-state index >= 15 is 0 Å². The zero-order valence-corrected chi connectivity index (χ0v) is 14.1. The Labute approximate surface area is 129 Å². The number of aliphatic carboxylic acids is 1. The van der Waals surface area contributed by atoms with Gasteiger partial charge in [-0.25, -0.2) is 0 Å². The number of rotatable bonds is 8. The smallest absolute Gasteiger partial charge is 0.307 e. The molecule has 0 heterocycles. The summed E-state index contributed by atoms with van der Waals surface area (Å²) in [7, 11) is 0. The Morgan fingerprint density at radius 1 is 1.00 bits per heavy atom. The molecular weight excluding hydrogens is 260 g/mol. The number of hydrogen-bond acceptors (Lipinski definition) is 1. The van der Waals surface area contributed by atoms with E-state index in [0.717, 1.165) is 25.7 Å². The fourth-order valence-electron chi connectivity index (χ4n) is 2.79. The first-order valence-corrected chi connectivity index (χ1v) is 8.02. The quantitative estimate of drug-likeness (QED) is 0.610. The largest absolute Gasteiger partial charge is 0.481 e. The molecule has 1 N–H and O–H groups in total. The maximum absolute atomic E-state index is 11.0. The van der Waals surface area contributed by atoms with Gasteiger partial charge in [-0.15, -0.1) is 0 Å². The molecule has 0 saturated heterocycles. The molecule has 0 aromatic carbocycles. The lowest BCUT2D eigenvalue weighted by atomic mass is 10.1. The van der Waals surface area contributed by atoms with E-state index < -0.39 is 5.97 Å². The zero-order chi connectivity index (χ0) is 16.0. The molecule has 0 radical (unpaired) electrons. The van der Waals surface area contributed by atoms with Crippen LogP contribution in [0.4, 0.5) is 0 Å². The minimum atomic E-state index is -0.647. The third-order valence-electron chi connectivity index (χ3n) is 4.33. The molecule has 1 aliphatic carbocycles. The summed E-state index contributed by atoms with van der Waals surface area (Å²) >= 11 is 0. The third-order valence-corrected chi connectivity index (χ3v) is 4.33. The average Bonchev–Trinajstić information content (AvgIpc) is 2.98. The lowest BCUT2D eigenvalue weighted by molar-refractivity contribution is -0.139. The van der Waals surface area contributed by atoms with E-state index in [1.54, 1.807) is 0 Å². The Morgan fingerprint density at radius 2 is 1.57 bits per heavy atom. The van der Waals surface area contributed by atoms with Crippen molar-refractivity contribution >= 4 is 5.97 Å². The van der Waals surface area contributed by atoms with Gasteiger partial charge in [0.05, 0.1) is 5.92 Å². The summed E-state index contributed by atoms with van der Waals surface area (Å²) in [5.41, 5.74) is 4.15. The second kappa shape index (κ2) is 8.21. The van der Waals surface area contributed by atoms with Crippen LogP contribution in [0.3, 0.4) is 0 Å². The molecule has 2 heteroatoms. The summed E-state index contributed by atoms with van der Waals surface area (Å²) in [6.45, 7) is 10.6. The highest BCUT2D eigenvalue weighted by Crippen LogP contribution is 2.47. The van der Waals surface area contributed by atoms with Gasteiger partial charge in [0.25, 0.3) is 0 Å². The first kappa shape index (κ1) is 17.7. The van der Waals surface area contributed by atoms with E-state index in [1.165, 1.54) is 16.7 Å². The molecule has 0 bridgehead atoms. The Hall–Kier alpha value is -1.31. The van der Waals surface area contributed by atoms with Crippen LogP contribution >= 0.6 is 0 Å². The van der Waals surface area contributed by atoms with Crippen molar-refractivity contribution in [3.63, 3.8) is 0 Å². The van der Waals surface area contributed by atoms with E-state index in [-0.39, 0.29) is 11.8 Å². The molecule has 0 aliphatic heterocycles. The molecule has 1 aliphatic rings. The lowest BCUT2D eigenvalue weighted by Crippen LogP contribution is -1.99. The minimum absolute atomic E-state index is 0.152. The monoisotopic (exact) mass is 290 g/mol. The van der Waals surface area contributed by atoms with Gasteiger partial charge in [-0.2, -0.15) is 0 Å². The van der Waals surface area contributed by atoms with E-state index in [4.69, 9.17) is 5.11 Å². The van der Waals surface area contributed by atoms with Crippen molar-refractivity contribution in [2.24, 2.45) is 17.8 Å². The normalized spacial score (nSPS) is 25.7. The van der Waals surface area contributed by atoms with Gasteiger partial charge in [-0.3, -0.25) is 4.79 Å². The zero-order valence-electron chi connectivity index (χ0n) is 14.1. The molecule has 0 aromatic heterocycles. The Kier molecular flexibility index (Phi) is 6.94. The fourth-order valence-corrected chi connectivity index (χ4v) is 2.79. The Bertz CT molecular complexity index is 450. The van der Waals surface area contributed by atoms with Crippen molar-refractivity contribution in [3.05, 3.63) is 34.9 Å². The Balaban J connectivity index is 2.32. The van der Waals surface area contributed by atoms with Crippen molar-refractivity contribution in [2.75, 3.05) is 0 Å². The van der Waals surface area contributed by atoms with Crippen molar-refractivity contribution in [2.45, 2.75) is 60.3 Å². The van der Waals surface area contributed by atoms with Crippen LogP contribution in [0.1, 0.15) is 60.3 Å². The highest BCUT2D eigenvalue weighted by Gasteiger charge is 2.50. The number of carbonyl (C=O) groups is 1. The second-order valence-electron chi connectivity index (χ2n) is 6.72. The van der Waals surface area contributed by atoms with E-state index in [0.29, 0.717) is 5.92 Å². The molecule has 118 valence electrons. The minimum Gasteiger partial charge on any atom is -0.481 e. The maximum atomic E-state index is 11.0. The van der Waals surface area contributed by atoms with E-state index in [1.807, 2.05) is 6.92 Å². The van der Waals surface area contributed by atoms with Crippen LogP contribution in [-0.2, 0) is 4.79 Å². The molecule has 21 heavy (non-hydrogen) atoms. The van der Waals surface area contributed by atoms with Crippen molar-refractivity contribution < 1.29 is 9.90 Å². The molecule has 0 aromatic rings. The van der Waals surface area contributed by atoms with Gasteiger partial charge in [0, 0.05) is 0 Å². The average molecular weight is 290 g/mol. The first-order valence-electron chi connectivity index (χ1n) is 8.02. The SMILES string of the molecule is CC(C)=CCCC(C)=CCCC(C)=C[C@H]1[C@@H](C)[C@@H]1C(=O)O. The van der Waals surface area contributed by atoms with Gasteiger partial charge in [0.2, 0.25) is 0 Å². The molecule has 0 unspecified atom stereocenters. The number of hydrogen-bond donors (Lipinski definition) is 1. The van der Waals surface area contributed by atoms with Gasteiger partial charge in [0.15, 0.2) is 0 Å². The topological polar surface area (TPSA) is 37.3 Å². The molecule has 1 rings (SSSR count). The summed E-state index contributed by atoms with van der Waals surface area (Å²) in [5, 5.41) is 9.03. The highest BCUT2D eigenvalue weighted by atomic mass is 16.4. The molecule has 0 spiro atoms. The van der Waals surface area contributed by atoms with Crippen LogP contribution in [-0.4, -0.2) is 11.1 Å². The molecular formula is C19H30O2. The number of allylic oxidation sites excluding steroid dienone is 6. The third kappa shape index (κ3) is 6.33. The number of carboxylic acid groups (broad SMARTS) is 1. The standard InChI is InChI=1S/C19H30O2/c1-13(2)8-6-9-14(3)10-7-11-15(4)12-17-16(5)18(17)19(20)21/h8,10,12,16-18H,6-7,9,11H2,1-5H3,(H,20,21)/t16-,17+,18+/m1/s1. The summed E-state index contributed by atoms with van der Waals surface area (Å²) in [5.74, 6) is -0.239. The first-order chi connectivity index (χ1) is 9.82. The molecule has 1 saturated carbocycles. The summed E-state index contributed by atoms with van der Waals surface area (Å²) in [4.78, 5) is 11.0. The van der Waals surface area contributed by atoms with Crippen LogP contribution in [0.25, 0.3) is 0 Å². The second-order valence-corrected chi connectivity index (χ2v) is 6.72. The van der Waals surface area contributed by atoms with Crippen molar-refractivity contribution in [3.8, 4) is 0 Å². The predicted molar refractivity (Wildman–Crippen MR) is 89.2 cm³/mol. The predicted octanol–water partition coefficient (Wildman–Crippen LogP) is 5.37. The van der Waals surface area contributed by atoms with Crippen molar-refractivity contribution in [1.29, 1.82) is 0 Å². The van der Waals surface area contributed by atoms with E-state index in [2.05, 4.69) is 45.9 Å². The fraction of sp³-hybridized carbons (Fsp3) is 0.632. The molecule has 3 atom stereocenters. The van der Waals surface area contributed by atoms with Gasteiger partial charge < -0.3 is 5.11 Å². The number of carboxylic acids is 1. The summed E-state index contributed by atoms with van der Waals surface area (Å²) in [6, 6.07) is 0. The van der Waals surface area contributed by atoms with Gasteiger partial charge in [0.1, 0.15) is 0 Å². The van der Waals surface area contributed by atoms with Crippen LogP contribution in [0.2, 0.25) is 0 Å². The maximum Gasteiger partial charge on any atom is 0.307 e. The molecule has 2 nitrogen and oxygen atoms in total. The molecule has 1 fully saturated rings. The van der Waals surface area contributed by atoms with Gasteiger partial charge >= 0.3 is 5.97 Å². The van der Waals surface area contributed by atoms with Crippen LogP contribution in [0.15, 0.2) is 34.9 Å². The Morgan fingerprint density at radius 3 is 2.10 bits per heavy atom. The van der Waals surface area contributed by atoms with Crippen molar-refractivity contribution in [1.82, 2.24) is 0 Å². The van der Waals surface area contributed by atoms with E-state index in [9.17, 15) is 4.79 Å². The summed E-state index contributed by atoms with van der Waals surface area (Å²) in [6.07, 6.45) is 11.1. The highest BCUT2D eigenvalue weighted by molar-refractivity contribution is 5.74. The molecule has 0 amide bonds. The summed E-state index contributed by atoms with van der Waals surface area (Å²) < 4.78 is 0. The van der Waals surface area contributed by atoms with Gasteiger partial charge in [-0.1, -0.05) is 41.9 Å². The van der Waals surface area contributed by atoms with Gasteiger partial charge in [-0.05, 0) is 65.2 Å². The van der Waals surface area contributed by atoms with Crippen LogP contribution in [0.5, 0.6) is 0 Å². The lowest BCUT2D eigenvalue weighted by Gasteiger charge is -2.01.